The van der Waals surface area contributed by atoms with E-state index < -0.39 is 0 Å². The van der Waals surface area contributed by atoms with Gasteiger partial charge in [0.2, 0.25) is 0 Å². The van der Waals surface area contributed by atoms with Crippen molar-refractivity contribution in [3.05, 3.63) is 33.8 Å². The van der Waals surface area contributed by atoms with Crippen molar-refractivity contribution in [3.8, 4) is 0 Å². The van der Waals surface area contributed by atoms with Crippen LogP contribution in [0.25, 0.3) is 0 Å². The summed E-state index contributed by atoms with van der Waals surface area (Å²) in [5.74, 6) is 0.643. The van der Waals surface area contributed by atoms with Crippen LogP contribution < -0.4 is 5.73 Å². The first kappa shape index (κ1) is 11.7. The molecule has 1 nitrogen and oxygen atoms in total. The van der Waals surface area contributed by atoms with E-state index in [0.717, 1.165) is 10.9 Å². The zero-order chi connectivity index (χ0) is 10.7. The van der Waals surface area contributed by atoms with Gasteiger partial charge >= 0.3 is 0 Å². The van der Waals surface area contributed by atoms with Gasteiger partial charge in [0.25, 0.3) is 0 Å². The van der Waals surface area contributed by atoms with E-state index in [2.05, 4.69) is 54.9 Å². The van der Waals surface area contributed by atoms with E-state index in [1.54, 1.807) is 0 Å². The highest BCUT2D eigenvalue weighted by molar-refractivity contribution is 9.10. The van der Waals surface area contributed by atoms with Gasteiger partial charge in [-0.15, -0.1) is 0 Å². The van der Waals surface area contributed by atoms with Crippen LogP contribution >= 0.6 is 15.9 Å². The van der Waals surface area contributed by atoms with Gasteiger partial charge in [-0.1, -0.05) is 35.8 Å². The maximum atomic E-state index is 6.11. The summed E-state index contributed by atoms with van der Waals surface area (Å²) in [5.41, 5.74) is 8.60. The van der Waals surface area contributed by atoms with Crippen molar-refractivity contribution in [1.29, 1.82) is 0 Å². The van der Waals surface area contributed by atoms with Crippen LogP contribution in [0.4, 0.5) is 0 Å². The average Bonchev–Trinajstić information content (AvgIpc) is 2.00. The fraction of sp³-hybridized carbons (Fsp3) is 0.500. The molecule has 78 valence electrons. The van der Waals surface area contributed by atoms with Gasteiger partial charge in [-0.25, -0.2) is 0 Å². The summed E-state index contributed by atoms with van der Waals surface area (Å²) in [4.78, 5) is 0. The molecular weight excluding hydrogens is 238 g/mol. The maximum Gasteiger partial charge on any atom is 0.0297 e. The van der Waals surface area contributed by atoms with Crippen LogP contribution in [0.15, 0.2) is 22.7 Å². The van der Waals surface area contributed by atoms with Crippen molar-refractivity contribution in [2.24, 2.45) is 11.7 Å². The molecule has 0 aromatic heterocycles. The number of hydrogen-bond acceptors (Lipinski definition) is 1. The molecule has 2 heteroatoms. The molecule has 0 bridgehead atoms. The molecule has 1 aromatic rings. The molecule has 1 atom stereocenters. The molecule has 1 aromatic carbocycles. The van der Waals surface area contributed by atoms with Crippen molar-refractivity contribution < 1.29 is 0 Å². The zero-order valence-electron chi connectivity index (χ0n) is 9.05. The molecule has 0 saturated heterocycles. The Labute approximate surface area is 94.8 Å². The first-order chi connectivity index (χ1) is 6.49. The lowest BCUT2D eigenvalue weighted by molar-refractivity contribution is 0.509. The number of aryl methyl sites for hydroxylation is 1. The van der Waals surface area contributed by atoms with Crippen molar-refractivity contribution in [2.75, 3.05) is 0 Å². The fourth-order valence-corrected chi connectivity index (χ4v) is 2.25. The average molecular weight is 256 g/mol. The Bertz CT molecular complexity index is 287. The Morgan fingerprint density at radius 2 is 1.93 bits per heavy atom. The Morgan fingerprint density at radius 1 is 1.29 bits per heavy atom. The number of halogens is 1. The molecule has 14 heavy (non-hydrogen) atoms. The second-order valence-corrected chi connectivity index (χ2v) is 5.21. The summed E-state index contributed by atoms with van der Waals surface area (Å²) in [7, 11) is 0. The number of hydrogen-bond donors (Lipinski definition) is 1. The second-order valence-electron chi connectivity index (χ2n) is 4.30. The highest BCUT2D eigenvalue weighted by Gasteiger charge is 2.08. The first-order valence-electron chi connectivity index (χ1n) is 5.01. The van der Waals surface area contributed by atoms with Gasteiger partial charge in [-0.2, -0.15) is 0 Å². The van der Waals surface area contributed by atoms with Crippen LogP contribution in [0, 0.1) is 12.8 Å². The van der Waals surface area contributed by atoms with Crippen molar-refractivity contribution in [3.63, 3.8) is 0 Å². The van der Waals surface area contributed by atoms with Crippen LogP contribution in [-0.4, -0.2) is 0 Å². The van der Waals surface area contributed by atoms with E-state index in [-0.39, 0.29) is 6.04 Å². The van der Waals surface area contributed by atoms with Gasteiger partial charge in [-0.3, -0.25) is 0 Å². The van der Waals surface area contributed by atoms with Crippen LogP contribution in [-0.2, 0) is 0 Å². The van der Waals surface area contributed by atoms with E-state index in [9.17, 15) is 0 Å². The molecular formula is C12H18BrN. The Morgan fingerprint density at radius 3 is 2.43 bits per heavy atom. The molecule has 0 radical (unpaired) electrons. The minimum Gasteiger partial charge on any atom is -0.324 e. The lowest BCUT2D eigenvalue weighted by Gasteiger charge is -2.15. The Balaban J connectivity index is 2.84. The van der Waals surface area contributed by atoms with Gasteiger partial charge in [0.15, 0.2) is 0 Å². The quantitative estimate of drug-likeness (QED) is 0.874. The monoisotopic (exact) mass is 255 g/mol. The molecule has 0 fully saturated rings. The van der Waals surface area contributed by atoms with Gasteiger partial charge in [0.1, 0.15) is 0 Å². The van der Waals surface area contributed by atoms with Crippen molar-refractivity contribution in [1.82, 2.24) is 0 Å². The maximum absolute atomic E-state index is 6.11. The minimum absolute atomic E-state index is 0.159. The number of benzene rings is 1. The topological polar surface area (TPSA) is 26.0 Å². The molecule has 0 aliphatic heterocycles. The highest BCUT2D eigenvalue weighted by Crippen LogP contribution is 2.23. The van der Waals surface area contributed by atoms with E-state index in [1.165, 1.54) is 11.1 Å². The van der Waals surface area contributed by atoms with Crippen LogP contribution in [0.2, 0.25) is 0 Å². The molecule has 0 heterocycles. The van der Waals surface area contributed by atoms with E-state index in [4.69, 9.17) is 5.73 Å². The highest BCUT2D eigenvalue weighted by atomic mass is 79.9. The standard InChI is InChI=1S/C12H18BrN/c1-8(2)4-12(14)10-5-9(3)6-11(13)7-10/h5-8,12H,4,14H2,1-3H3. The number of nitrogens with two attached hydrogens (primary N) is 1. The third-order valence-electron chi connectivity index (χ3n) is 2.22. The smallest absolute Gasteiger partial charge is 0.0297 e. The molecule has 0 aliphatic carbocycles. The summed E-state index contributed by atoms with van der Waals surface area (Å²) in [6.45, 7) is 6.49. The van der Waals surface area contributed by atoms with Crippen LogP contribution in [0.3, 0.4) is 0 Å². The normalized spacial score (nSPS) is 13.3. The van der Waals surface area contributed by atoms with Gasteiger partial charge in [0.05, 0.1) is 0 Å². The van der Waals surface area contributed by atoms with Crippen LogP contribution in [0.1, 0.15) is 37.4 Å². The number of rotatable bonds is 3. The second kappa shape index (κ2) is 4.94. The molecule has 1 rings (SSSR count). The van der Waals surface area contributed by atoms with Crippen molar-refractivity contribution in [2.45, 2.75) is 33.2 Å². The summed E-state index contributed by atoms with van der Waals surface area (Å²) in [5, 5.41) is 0. The SMILES string of the molecule is Cc1cc(Br)cc(C(N)CC(C)C)c1. The van der Waals surface area contributed by atoms with E-state index in [1.807, 2.05) is 0 Å². The Kier molecular flexibility index (Phi) is 4.14. The zero-order valence-corrected chi connectivity index (χ0v) is 10.6. The lowest BCUT2D eigenvalue weighted by Crippen LogP contribution is -2.13. The van der Waals surface area contributed by atoms with E-state index >= 15 is 0 Å². The first-order valence-corrected chi connectivity index (χ1v) is 5.81. The molecule has 0 saturated carbocycles. The van der Waals surface area contributed by atoms with Gasteiger partial charge in [0, 0.05) is 10.5 Å². The predicted molar refractivity (Wildman–Crippen MR) is 65.3 cm³/mol. The largest absolute Gasteiger partial charge is 0.324 e. The molecule has 0 aliphatic rings. The fourth-order valence-electron chi connectivity index (χ4n) is 1.62. The van der Waals surface area contributed by atoms with Gasteiger partial charge in [-0.05, 0) is 42.5 Å². The van der Waals surface area contributed by atoms with Gasteiger partial charge < -0.3 is 5.73 Å². The summed E-state index contributed by atoms with van der Waals surface area (Å²) in [6, 6.07) is 6.54. The third kappa shape index (κ3) is 3.43. The molecule has 0 amide bonds. The lowest BCUT2D eigenvalue weighted by atomic mass is 9.97. The van der Waals surface area contributed by atoms with Crippen LogP contribution in [0.5, 0.6) is 0 Å². The third-order valence-corrected chi connectivity index (χ3v) is 2.68. The molecule has 1 unspecified atom stereocenters. The summed E-state index contributed by atoms with van der Waals surface area (Å²) in [6.07, 6.45) is 1.04. The summed E-state index contributed by atoms with van der Waals surface area (Å²) >= 11 is 3.49. The molecule has 0 spiro atoms. The van der Waals surface area contributed by atoms with Crippen molar-refractivity contribution >= 4 is 15.9 Å². The predicted octanol–water partition coefficient (Wildman–Crippen LogP) is 3.80. The molecule has 2 N–H and O–H groups in total. The summed E-state index contributed by atoms with van der Waals surface area (Å²) < 4.78 is 1.12. The Hall–Kier alpha value is -0.340. The van der Waals surface area contributed by atoms with E-state index in [0.29, 0.717) is 5.92 Å². The minimum atomic E-state index is 0.159.